The number of rotatable bonds is 6. The molecule has 3 rings (SSSR count). The van der Waals surface area contributed by atoms with Crippen molar-refractivity contribution in [3.63, 3.8) is 0 Å². The Balaban J connectivity index is 1.50. The Bertz CT molecular complexity index is 896. The highest BCUT2D eigenvalue weighted by atomic mass is 32.1. The second kappa shape index (κ2) is 8.88. The molecule has 0 aliphatic carbocycles. The maximum Gasteiger partial charge on any atom is 0.387 e. The van der Waals surface area contributed by atoms with Crippen LogP contribution in [0.5, 0.6) is 5.75 Å². The van der Waals surface area contributed by atoms with Gasteiger partial charge >= 0.3 is 6.61 Å². The third-order valence-corrected chi connectivity index (χ3v) is 4.68. The number of anilines is 1. The van der Waals surface area contributed by atoms with E-state index in [0.29, 0.717) is 17.3 Å². The van der Waals surface area contributed by atoms with Gasteiger partial charge in [0.2, 0.25) is 0 Å². The average Bonchev–Trinajstić information content (AvgIpc) is 3.08. The summed E-state index contributed by atoms with van der Waals surface area (Å²) >= 11 is 6.89. The van der Waals surface area contributed by atoms with E-state index in [4.69, 9.17) is 12.2 Å². The van der Waals surface area contributed by atoms with Gasteiger partial charge in [-0.2, -0.15) is 8.78 Å². The summed E-state index contributed by atoms with van der Waals surface area (Å²) in [5.74, 6) is 0.102. The van der Waals surface area contributed by atoms with Crippen LogP contribution in [-0.2, 0) is 6.54 Å². The third-order valence-electron chi connectivity index (χ3n) is 3.66. The molecule has 0 saturated carbocycles. The summed E-state index contributed by atoms with van der Waals surface area (Å²) in [5, 5.41) is 9.64. The second-order valence-electron chi connectivity index (χ2n) is 5.66. The lowest BCUT2D eigenvalue weighted by Crippen LogP contribution is -2.27. The van der Waals surface area contributed by atoms with Crippen molar-refractivity contribution in [2.45, 2.75) is 20.1 Å². The van der Waals surface area contributed by atoms with Crippen LogP contribution in [0.25, 0.3) is 11.3 Å². The van der Waals surface area contributed by atoms with Crippen LogP contribution < -0.4 is 15.4 Å². The lowest BCUT2D eigenvalue weighted by molar-refractivity contribution is -0.0498. The number of nitrogens with one attached hydrogen (secondary N) is 2. The minimum Gasteiger partial charge on any atom is -0.435 e. The van der Waals surface area contributed by atoms with Crippen LogP contribution in [0.1, 0.15) is 10.6 Å². The number of thiocarbonyl (C=S) groups is 1. The molecule has 0 atom stereocenters. The van der Waals surface area contributed by atoms with E-state index >= 15 is 0 Å². The van der Waals surface area contributed by atoms with Crippen LogP contribution in [0.4, 0.5) is 14.5 Å². The van der Waals surface area contributed by atoms with E-state index in [0.717, 1.165) is 21.8 Å². The fourth-order valence-corrected chi connectivity index (χ4v) is 3.18. The first kappa shape index (κ1) is 19.2. The number of alkyl halides is 2. The van der Waals surface area contributed by atoms with E-state index in [9.17, 15) is 8.78 Å². The second-order valence-corrected chi connectivity index (χ2v) is 7.13. The molecule has 0 aliphatic rings. The summed E-state index contributed by atoms with van der Waals surface area (Å²) < 4.78 is 28.6. The van der Waals surface area contributed by atoms with Crippen LogP contribution >= 0.6 is 23.6 Å². The molecule has 1 aromatic heterocycles. The molecule has 0 unspecified atom stereocenters. The number of aromatic nitrogens is 1. The Hall–Kier alpha value is -2.58. The summed E-state index contributed by atoms with van der Waals surface area (Å²) in [6.45, 7) is -0.285. The minimum absolute atomic E-state index is 0.102. The van der Waals surface area contributed by atoms with E-state index in [1.165, 1.54) is 12.1 Å². The lowest BCUT2D eigenvalue weighted by Gasteiger charge is -2.11. The standard InChI is InChI=1S/C19H17F2N3OS2/c1-12-23-17(11-27-12)14-4-2-13(3-5-14)10-22-19(26)24-15-6-8-16(9-7-15)25-18(20)21/h2-9,11,18H,10H2,1H3,(H2,22,24,26). The van der Waals surface area contributed by atoms with Gasteiger partial charge in [-0.3, -0.25) is 0 Å². The van der Waals surface area contributed by atoms with Gasteiger partial charge in [0.15, 0.2) is 5.11 Å². The Kier molecular flexibility index (Phi) is 6.31. The third kappa shape index (κ3) is 5.70. The largest absolute Gasteiger partial charge is 0.435 e. The highest BCUT2D eigenvalue weighted by Crippen LogP contribution is 2.22. The van der Waals surface area contributed by atoms with Gasteiger partial charge in [-0.15, -0.1) is 11.3 Å². The van der Waals surface area contributed by atoms with Crippen LogP contribution in [-0.4, -0.2) is 16.7 Å². The number of thiazole rings is 1. The number of hydrogen-bond acceptors (Lipinski definition) is 4. The molecular formula is C19H17F2N3OS2. The molecule has 27 heavy (non-hydrogen) atoms. The zero-order chi connectivity index (χ0) is 19.2. The molecule has 0 saturated heterocycles. The van der Waals surface area contributed by atoms with Gasteiger partial charge in [0.25, 0.3) is 0 Å². The number of hydrogen-bond donors (Lipinski definition) is 2. The van der Waals surface area contributed by atoms with Crippen molar-refractivity contribution in [1.82, 2.24) is 10.3 Å². The molecule has 0 amide bonds. The first-order valence-corrected chi connectivity index (χ1v) is 9.39. The number of nitrogens with zero attached hydrogens (tertiary/aromatic N) is 1. The molecule has 0 aliphatic heterocycles. The first-order valence-electron chi connectivity index (χ1n) is 8.11. The molecule has 8 heteroatoms. The van der Waals surface area contributed by atoms with Crippen molar-refractivity contribution < 1.29 is 13.5 Å². The van der Waals surface area contributed by atoms with E-state index in [-0.39, 0.29) is 5.75 Å². The molecule has 1 heterocycles. The number of ether oxygens (including phenoxy) is 1. The van der Waals surface area contributed by atoms with Crippen molar-refractivity contribution in [3.8, 4) is 17.0 Å². The molecule has 3 aromatic rings. The van der Waals surface area contributed by atoms with Gasteiger partial charge in [0, 0.05) is 23.2 Å². The zero-order valence-corrected chi connectivity index (χ0v) is 16.0. The van der Waals surface area contributed by atoms with E-state index in [2.05, 4.69) is 20.4 Å². The normalized spacial score (nSPS) is 10.7. The van der Waals surface area contributed by atoms with Crippen LogP contribution in [0.2, 0.25) is 0 Å². The molecule has 0 spiro atoms. The Morgan fingerprint density at radius 1 is 1.15 bits per heavy atom. The molecule has 2 N–H and O–H groups in total. The van der Waals surface area contributed by atoms with Crippen molar-refractivity contribution in [2.75, 3.05) is 5.32 Å². The smallest absolute Gasteiger partial charge is 0.387 e. The number of benzene rings is 2. The van der Waals surface area contributed by atoms with Gasteiger partial charge in [0.05, 0.1) is 10.7 Å². The van der Waals surface area contributed by atoms with Gasteiger partial charge in [0.1, 0.15) is 5.75 Å². The monoisotopic (exact) mass is 405 g/mol. The molecule has 4 nitrogen and oxygen atoms in total. The first-order chi connectivity index (χ1) is 13.0. The fourth-order valence-electron chi connectivity index (χ4n) is 2.37. The van der Waals surface area contributed by atoms with Crippen LogP contribution in [0.3, 0.4) is 0 Å². The van der Waals surface area contributed by atoms with Crippen molar-refractivity contribution in [2.24, 2.45) is 0 Å². The van der Waals surface area contributed by atoms with Crippen LogP contribution in [0, 0.1) is 6.92 Å². The molecule has 0 bridgehead atoms. The van der Waals surface area contributed by atoms with E-state index in [1.54, 1.807) is 23.5 Å². The zero-order valence-electron chi connectivity index (χ0n) is 14.4. The fraction of sp³-hybridized carbons (Fsp3) is 0.158. The number of halogens is 2. The molecule has 2 aromatic carbocycles. The predicted molar refractivity (Wildman–Crippen MR) is 108 cm³/mol. The van der Waals surface area contributed by atoms with Gasteiger partial charge < -0.3 is 15.4 Å². The molecule has 140 valence electrons. The predicted octanol–water partition coefficient (Wildman–Crippen LogP) is 5.21. The minimum atomic E-state index is -2.84. The Morgan fingerprint density at radius 3 is 2.44 bits per heavy atom. The topological polar surface area (TPSA) is 46.2 Å². The summed E-state index contributed by atoms with van der Waals surface area (Å²) in [6.07, 6.45) is 0. The quantitative estimate of drug-likeness (QED) is 0.552. The van der Waals surface area contributed by atoms with E-state index < -0.39 is 6.61 Å². The lowest BCUT2D eigenvalue weighted by atomic mass is 10.1. The number of aryl methyl sites for hydroxylation is 1. The maximum atomic E-state index is 12.1. The Morgan fingerprint density at radius 2 is 1.85 bits per heavy atom. The summed E-state index contributed by atoms with van der Waals surface area (Å²) in [5.41, 5.74) is 3.82. The van der Waals surface area contributed by atoms with Crippen molar-refractivity contribution >= 4 is 34.4 Å². The van der Waals surface area contributed by atoms with E-state index in [1.807, 2.05) is 36.6 Å². The summed E-state index contributed by atoms with van der Waals surface area (Å²) in [6, 6.07) is 14.3. The van der Waals surface area contributed by atoms with Crippen LogP contribution in [0.15, 0.2) is 53.9 Å². The van der Waals surface area contributed by atoms with Gasteiger partial charge in [-0.25, -0.2) is 4.98 Å². The van der Waals surface area contributed by atoms with Crippen molar-refractivity contribution in [3.05, 3.63) is 64.5 Å². The Labute approximate surface area is 165 Å². The highest BCUT2D eigenvalue weighted by molar-refractivity contribution is 7.80. The summed E-state index contributed by atoms with van der Waals surface area (Å²) in [4.78, 5) is 4.48. The van der Waals surface area contributed by atoms with Gasteiger partial charge in [-0.05, 0) is 49.0 Å². The summed E-state index contributed by atoms with van der Waals surface area (Å²) in [7, 11) is 0. The molecular weight excluding hydrogens is 388 g/mol. The average molecular weight is 405 g/mol. The van der Waals surface area contributed by atoms with Gasteiger partial charge in [-0.1, -0.05) is 24.3 Å². The van der Waals surface area contributed by atoms with Crippen molar-refractivity contribution in [1.29, 1.82) is 0 Å². The maximum absolute atomic E-state index is 12.1. The molecule has 0 fully saturated rings. The molecule has 0 radical (unpaired) electrons. The highest BCUT2D eigenvalue weighted by Gasteiger charge is 2.05. The SMILES string of the molecule is Cc1nc(-c2ccc(CNC(=S)Nc3ccc(OC(F)F)cc3)cc2)cs1.